The number of rotatable bonds is 1. The van der Waals surface area contributed by atoms with Crippen molar-refractivity contribution in [1.29, 1.82) is 0 Å². The molecule has 1 aromatic heterocycles. The van der Waals surface area contributed by atoms with E-state index in [-0.39, 0.29) is 24.8 Å². The van der Waals surface area contributed by atoms with Crippen LogP contribution in [0.15, 0.2) is 6.07 Å². The molecule has 0 radical (unpaired) electrons. The van der Waals surface area contributed by atoms with E-state index in [0.29, 0.717) is 6.04 Å². The first-order valence-corrected chi connectivity index (χ1v) is 5.01. The van der Waals surface area contributed by atoms with Gasteiger partial charge in [-0.05, 0) is 39.3 Å². The van der Waals surface area contributed by atoms with Gasteiger partial charge in [0.2, 0.25) is 0 Å². The fraction of sp³-hybridized carbons (Fsp3) is 0.700. The Hall–Kier alpha value is -0.250. The Morgan fingerprint density at radius 1 is 1.40 bits per heavy atom. The number of nitrogens with one attached hydrogen (secondary N) is 1. The van der Waals surface area contributed by atoms with E-state index in [1.807, 2.05) is 0 Å². The van der Waals surface area contributed by atoms with Gasteiger partial charge in [-0.15, -0.1) is 24.8 Å². The average Bonchev–Trinajstić information content (AvgIpc) is 2.47. The van der Waals surface area contributed by atoms with Crippen LogP contribution in [0.1, 0.15) is 30.3 Å². The maximum absolute atomic E-state index is 4.51. The summed E-state index contributed by atoms with van der Waals surface area (Å²) in [6, 6.07) is 2.72. The fourth-order valence-electron chi connectivity index (χ4n) is 2.06. The molecule has 0 amide bonds. The second-order valence-corrected chi connectivity index (χ2v) is 3.87. The number of aryl methyl sites for hydroxylation is 2. The lowest BCUT2D eigenvalue weighted by Gasteiger charge is -2.24. The van der Waals surface area contributed by atoms with Crippen molar-refractivity contribution >= 4 is 24.8 Å². The van der Waals surface area contributed by atoms with Crippen LogP contribution >= 0.6 is 24.8 Å². The second-order valence-electron chi connectivity index (χ2n) is 3.87. The molecule has 88 valence electrons. The molecule has 1 aromatic rings. The van der Waals surface area contributed by atoms with Gasteiger partial charge in [0.1, 0.15) is 0 Å². The molecule has 0 spiro atoms. The highest BCUT2D eigenvalue weighted by Gasteiger charge is 2.16. The molecular weight excluding hydrogens is 233 g/mol. The van der Waals surface area contributed by atoms with E-state index in [0.717, 1.165) is 18.8 Å². The first-order chi connectivity index (χ1) is 6.27. The SMILES string of the molecule is Cc1cc(C)n(C2CCCNC2)n1.Cl.Cl. The zero-order valence-corrected chi connectivity index (χ0v) is 10.8. The van der Waals surface area contributed by atoms with Crippen LogP contribution in [0.4, 0.5) is 0 Å². The van der Waals surface area contributed by atoms with Crippen LogP contribution in [0.5, 0.6) is 0 Å². The number of hydrogen-bond acceptors (Lipinski definition) is 2. The van der Waals surface area contributed by atoms with Crippen molar-refractivity contribution in [2.24, 2.45) is 0 Å². The average molecular weight is 252 g/mol. The summed E-state index contributed by atoms with van der Waals surface area (Å²) in [5.41, 5.74) is 2.41. The highest BCUT2D eigenvalue weighted by molar-refractivity contribution is 5.85. The van der Waals surface area contributed by atoms with Gasteiger partial charge in [-0.3, -0.25) is 4.68 Å². The maximum atomic E-state index is 4.51. The number of hydrogen-bond donors (Lipinski definition) is 1. The molecule has 2 heterocycles. The van der Waals surface area contributed by atoms with Crippen molar-refractivity contribution < 1.29 is 0 Å². The first-order valence-electron chi connectivity index (χ1n) is 5.01. The number of halogens is 2. The molecule has 0 saturated carbocycles. The van der Waals surface area contributed by atoms with Crippen LogP contribution < -0.4 is 5.32 Å². The summed E-state index contributed by atoms with van der Waals surface area (Å²) in [5.74, 6) is 0. The van der Waals surface area contributed by atoms with Gasteiger partial charge in [-0.25, -0.2) is 0 Å². The van der Waals surface area contributed by atoms with Crippen LogP contribution in [-0.2, 0) is 0 Å². The minimum absolute atomic E-state index is 0. The zero-order chi connectivity index (χ0) is 9.26. The van der Waals surface area contributed by atoms with E-state index < -0.39 is 0 Å². The highest BCUT2D eigenvalue weighted by atomic mass is 35.5. The topological polar surface area (TPSA) is 29.9 Å². The van der Waals surface area contributed by atoms with Crippen LogP contribution in [0.25, 0.3) is 0 Å². The molecule has 5 heteroatoms. The molecule has 1 aliphatic heterocycles. The minimum atomic E-state index is 0. The lowest BCUT2D eigenvalue weighted by atomic mass is 10.1. The molecule has 1 fully saturated rings. The molecule has 1 aliphatic rings. The predicted octanol–water partition coefficient (Wildman–Crippen LogP) is 2.27. The van der Waals surface area contributed by atoms with Gasteiger partial charge in [-0.2, -0.15) is 5.10 Å². The van der Waals surface area contributed by atoms with Crippen molar-refractivity contribution in [2.75, 3.05) is 13.1 Å². The Bertz CT molecular complexity index is 293. The maximum Gasteiger partial charge on any atom is 0.0647 e. The molecule has 2 rings (SSSR count). The molecular formula is C10H19Cl2N3. The zero-order valence-electron chi connectivity index (χ0n) is 9.19. The minimum Gasteiger partial charge on any atom is -0.315 e. The molecule has 1 atom stereocenters. The quantitative estimate of drug-likeness (QED) is 0.830. The van der Waals surface area contributed by atoms with Gasteiger partial charge < -0.3 is 5.32 Å². The highest BCUT2D eigenvalue weighted by Crippen LogP contribution is 2.18. The largest absolute Gasteiger partial charge is 0.315 e. The Labute approximate surface area is 103 Å². The molecule has 0 bridgehead atoms. The van der Waals surface area contributed by atoms with Crippen LogP contribution in [0.3, 0.4) is 0 Å². The van der Waals surface area contributed by atoms with Gasteiger partial charge in [0, 0.05) is 12.2 Å². The smallest absolute Gasteiger partial charge is 0.0647 e. The Morgan fingerprint density at radius 2 is 2.13 bits per heavy atom. The van der Waals surface area contributed by atoms with E-state index in [9.17, 15) is 0 Å². The van der Waals surface area contributed by atoms with Gasteiger partial charge in [0.05, 0.1) is 11.7 Å². The van der Waals surface area contributed by atoms with Crippen LogP contribution in [-0.4, -0.2) is 22.9 Å². The normalized spacial score (nSPS) is 20.3. The third-order valence-corrected chi connectivity index (χ3v) is 2.66. The molecule has 1 unspecified atom stereocenters. The predicted molar refractivity (Wildman–Crippen MR) is 67.3 cm³/mol. The molecule has 0 aromatic carbocycles. The van der Waals surface area contributed by atoms with Crippen molar-refractivity contribution in [3.05, 3.63) is 17.5 Å². The van der Waals surface area contributed by atoms with Crippen molar-refractivity contribution in [2.45, 2.75) is 32.7 Å². The van der Waals surface area contributed by atoms with Crippen LogP contribution in [0.2, 0.25) is 0 Å². The monoisotopic (exact) mass is 251 g/mol. The first kappa shape index (κ1) is 14.8. The van der Waals surface area contributed by atoms with E-state index in [4.69, 9.17) is 0 Å². The van der Waals surface area contributed by atoms with E-state index in [1.165, 1.54) is 18.5 Å². The van der Waals surface area contributed by atoms with E-state index in [1.54, 1.807) is 0 Å². The number of nitrogens with zero attached hydrogens (tertiary/aromatic N) is 2. The van der Waals surface area contributed by atoms with Crippen molar-refractivity contribution in [1.82, 2.24) is 15.1 Å². The number of piperidine rings is 1. The summed E-state index contributed by atoms with van der Waals surface area (Å²) in [4.78, 5) is 0. The van der Waals surface area contributed by atoms with E-state index >= 15 is 0 Å². The lowest BCUT2D eigenvalue weighted by molar-refractivity contribution is 0.341. The van der Waals surface area contributed by atoms with Gasteiger partial charge in [-0.1, -0.05) is 0 Å². The Balaban J connectivity index is 0.000000980. The Morgan fingerprint density at radius 3 is 2.60 bits per heavy atom. The third kappa shape index (κ3) is 3.37. The third-order valence-electron chi connectivity index (χ3n) is 2.66. The van der Waals surface area contributed by atoms with Crippen LogP contribution in [0, 0.1) is 13.8 Å². The number of aromatic nitrogens is 2. The summed E-state index contributed by atoms with van der Waals surface area (Å²) < 4.78 is 2.17. The molecule has 3 nitrogen and oxygen atoms in total. The van der Waals surface area contributed by atoms with Gasteiger partial charge in [0.15, 0.2) is 0 Å². The summed E-state index contributed by atoms with van der Waals surface area (Å²) in [7, 11) is 0. The summed E-state index contributed by atoms with van der Waals surface area (Å²) in [5, 5.41) is 7.92. The van der Waals surface area contributed by atoms with Crippen molar-refractivity contribution in [3.63, 3.8) is 0 Å². The summed E-state index contributed by atoms with van der Waals surface area (Å²) >= 11 is 0. The Kier molecular flexibility index (Phi) is 6.25. The second kappa shape index (κ2) is 6.36. The molecule has 0 aliphatic carbocycles. The van der Waals surface area contributed by atoms with Gasteiger partial charge >= 0.3 is 0 Å². The van der Waals surface area contributed by atoms with E-state index in [2.05, 4.69) is 35.0 Å². The standard InChI is InChI=1S/C10H17N3.2ClH/c1-8-6-9(2)13(12-8)10-4-3-5-11-7-10;;/h6,10-11H,3-5,7H2,1-2H3;2*1H. The fourth-order valence-corrected chi connectivity index (χ4v) is 2.06. The molecule has 1 saturated heterocycles. The summed E-state index contributed by atoms with van der Waals surface area (Å²) in [6.45, 7) is 6.42. The van der Waals surface area contributed by atoms with Crippen molar-refractivity contribution in [3.8, 4) is 0 Å². The molecule has 1 N–H and O–H groups in total. The lowest BCUT2D eigenvalue weighted by Crippen LogP contribution is -2.32. The van der Waals surface area contributed by atoms with Gasteiger partial charge in [0.25, 0.3) is 0 Å². The summed E-state index contributed by atoms with van der Waals surface area (Å²) in [6.07, 6.45) is 2.53. The molecule has 15 heavy (non-hydrogen) atoms.